The van der Waals surface area contributed by atoms with E-state index in [2.05, 4.69) is 12.2 Å². The lowest BCUT2D eigenvalue weighted by Gasteiger charge is -2.06. The Morgan fingerprint density at radius 3 is 1.55 bits per heavy atom. The van der Waals surface area contributed by atoms with Crippen molar-refractivity contribution in [1.29, 1.82) is 0 Å². The molecule has 0 atom stereocenters. The summed E-state index contributed by atoms with van der Waals surface area (Å²) < 4.78 is 0. The van der Waals surface area contributed by atoms with Gasteiger partial charge in [0.15, 0.2) is 0 Å². The van der Waals surface area contributed by atoms with Crippen LogP contribution in [0.15, 0.2) is 24.3 Å². The molecule has 1 aromatic rings. The van der Waals surface area contributed by atoms with Crippen LogP contribution >= 0.6 is 0 Å². The molecule has 0 saturated heterocycles. The first kappa shape index (κ1) is 25.5. The molecule has 166 valence electrons. The maximum atomic E-state index is 11.9. The zero-order valence-corrected chi connectivity index (χ0v) is 18.9. The third-order valence-corrected chi connectivity index (χ3v) is 5.68. The third kappa shape index (κ3) is 16.0. The van der Waals surface area contributed by atoms with Gasteiger partial charge in [-0.3, -0.25) is 4.79 Å². The average molecular weight is 404 g/mol. The lowest BCUT2D eigenvalue weighted by atomic mass is 10.0. The summed E-state index contributed by atoms with van der Waals surface area (Å²) in [4.78, 5) is 11.9. The maximum absolute atomic E-state index is 11.9. The lowest BCUT2D eigenvalue weighted by molar-refractivity contribution is -0.121. The van der Waals surface area contributed by atoms with Crippen LogP contribution in [0.2, 0.25) is 0 Å². The van der Waals surface area contributed by atoms with Crippen molar-refractivity contribution in [3.05, 3.63) is 29.8 Å². The number of benzene rings is 1. The van der Waals surface area contributed by atoms with Gasteiger partial charge in [0.05, 0.1) is 0 Å². The fourth-order valence-electron chi connectivity index (χ4n) is 3.74. The molecule has 0 aromatic heterocycles. The van der Waals surface area contributed by atoms with Gasteiger partial charge in [0.2, 0.25) is 5.91 Å². The topological polar surface area (TPSA) is 49.3 Å². The number of nitrogens with one attached hydrogen (secondary N) is 1. The number of phenolic OH excluding ortho intramolecular Hbond substituents is 1. The van der Waals surface area contributed by atoms with Crippen molar-refractivity contribution in [3.63, 3.8) is 0 Å². The maximum Gasteiger partial charge on any atom is 0.220 e. The lowest BCUT2D eigenvalue weighted by Crippen LogP contribution is -2.22. The Hall–Kier alpha value is -1.51. The van der Waals surface area contributed by atoms with E-state index in [0.717, 1.165) is 18.4 Å². The first-order chi connectivity index (χ1) is 14.2. The molecule has 0 saturated carbocycles. The largest absolute Gasteiger partial charge is 0.508 e. The van der Waals surface area contributed by atoms with Gasteiger partial charge in [-0.25, -0.2) is 0 Å². The highest BCUT2D eigenvalue weighted by Gasteiger charge is 2.02. The fourth-order valence-corrected chi connectivity index (χ4v) is 3.74. The van der Waals surface area contributed by atoms with Crippen LogP contribution in [0.25, 0.3) is 0 Å². The molecule has 1 rings (SSSR count). The number of carbonyl (C=O) groups is 1. The minimum absolute atomic E-state index is 0.128. The molecular formula is C26H45NO2. The van der Waals surface area contributed by atoms with Crippen LogP contribution in [0.4, 0.5) is 0 Å². The Kier molecular flexibility index (Phi) is 16.3. The quantitative estimate of drug-likeness (QED) is 0.233. The number of hydrogen-bond donors (Lipinski definition) is 2. The Morgan fingerprint density at radius 2 is 1.10 bits per heavy atom. The third-order valence-electron chi connectivity index (χ3n) is 5.68. The van der Waals surface area contributed by atoms with Gasteiger partial charge >= 0.3 is 0 Å². The Bertz CT molecular complexity index is 498. The van der Waals surface area contributed by atoms with Crippen molar-refractivity contribution >= 4 is 5.91 Å². The van der Waals surface area contributed by atoms with Crippen molar-refractivity contribution in [1.82, 2.24) is 5.32 Å². The van der Waals surface area contributed by atoms with E-state index in [9.17, 15) is 9.90 Å². The summed E-state index contributed by atoms with van der Waals surface area (Å²) in [7, 11) is 0. The molecule has 0 aliphatic carbocycles. The number of aromatic hydroxyl groups is 1. The van der Waals surface area contributed by atoms with Crippen molar-refractivity contribution in [2.24, 2.45) is 0 Å². The molecule has 2 N–H and O–H groups in total. The van der Waals surface area contributed by atoms with Gasteiger partial charge in [0.25, 0.3) is 0 Å². The van der Waals surface area contributed by atoms with Crippen LogP contribution in [-0.2, 0) is 11.3 Å². The van der Waals surface area contributed by atoms with Gasteiger partial charge in [-0.05, 0) is 24.1 Å². The van der Waals surface area contributed by atoms with E-state index in [-0.39, 0.29) is 11.7 Å². The second-order valence-electron chi connectivity index (χ2n) is 8.50. The molecule has 1 amide bonds. The van der Waals surface area contributed by atoms with Gasteiger partial charge < -0.3 is 10.4 Å². The van der Waals surface area contributed by atoms with E-state index in [1.165, 1.54) is 89.9 Å². The van der Waals surface area contributed by atoms with Crippen LogP contribution < -0.4 is 5.32 Å². The smallest absolute Gasteiger partial charge is 0.220 e. The number of unbranched alkanes of at least 4 members (excludes halogenated alkanes) is 15. The second kappa shape index (κ2) is 18.5. The molecule has 0 heterocycles. The predicted octanol–water partition coefficient (Wildman–Crippen LogP) is 7.66. The molecule has 29 heavy (non-hydrogen) atoms. The summed E-state index contributed by atoms with van der Waals surface area (Å²) in [5, 5.41) is 12.2. The van der Waals surface area contributed by atoms with Crippen LogP contribution in [0.3, 0.4) is 0 Å². The van der Waals surface area contributed by atoms with E-state index >= 15 is 0 Å². The second-order valence-corrected chi connectivity index (χ2v) is 8.50. The molecule has 0 aliphatic heterocycles. The van der Waals surface area contributed by atoms with E-state index in [4.69, 9.17) is 0 Å². The number of amides is 1. The highest BCUT2D eigenvalue weighted by atomic mass is 16.3. The Labute approximate surface area is 179 Å². The van der Waals surface area contributed by atoms with Crippen LogP contribution in [-0.4, -0.2) is 11.0 Å². The van der Waals surface area contributed by atoms with Gasteiger partial charge in [-0.1, -0.05) is 115 Å². The van der Waals surface area contributed by atoms with E-state index in [1.807, 2.05) is 12.1 Å². The predicted molar refractivity (Wildman–Crippen MR) is 124 cm³/mol. The van der Waals surface area contributed by atoms with Gasteiger partial charge in [-0.15, -0.1) is 0 Å². The number of hydrogen-bond acceptors (Lipinski definition) is 2. The Balaban J connectivity index is 1.78. The van der Waals surface area contributed by atoms with Gasteiger partial charge in [0, 0.05) is 13.0 Å². The van der Waals surface area contributed by atoms with Crippen molar-refractivity contribution in [3.8, 4) is 5.75 Å². The minimum Gasteiger partial charge on any atom is -0.508 e. The fraction of sp³-hybridized carbons (Fsp3) is 0.731. The highest BCUT2D eigenvalue weighted by Crippen LogP contribution is 2.14. The number of carbonyl (C=O) groups excluding carboxylic acids is 1. The number of phenols is 1. The van der Waals surface area contributed by atoms with Gasteiger partial charge in [-0.2, -0.15) is 0 Å². The summed E-state index contributed by atoms with van der Waals surface area (Å²) in [5.74, 6) is 0.386. The molecular weight excluding hydrogens is 358 g/mol. The minimum atomic E-state index is 0.128. The molecule has 0 aliphatic rings. The van der Waals surface area contributed by atoms with E-state index in [1.54, 1.807) is 12.1 Å². The molecule has 3 nitrogen and oxygen atoms in total. The van der Waals surface area contributed by atoms with Crippen molar-refractivity contribution in [2.45, 2.75) is 123 Å². The first-order valence-corrected chi connectivity index (χ1v) is 12.3. The zero-order valence-electron chi connectivity index (χ0n) is 18.9. The molecule has 0 unspecified atom stereocenters. The zero-order chi connectivity index (χ0) is 21.0. The van der Waals surface area contributed by atoms with Gasteiger partial charge in [0.1, 0.15) is 5.75 Å². The summed E-state index contributed by atoms with van der Waals surface area (Å²) in [6.07, 6.45) is 22.2. The Morgan fingerprint density at radius 1 is 0.690 bits per heavy atom. The van der Waals surface area contributed by atoms with Crippen molar-refractivity contribution in [2.75, 3.05) is 0 Å². The van der Waals surface area contributed by atoms with Crippen molar-refractivity contribution < 1.29 is 9.90 Å². The summed E-state index contributed by atoms with van der Waals surface area (Å²) in [6, 6.07) is 6.97. The summed E-state index contributed by atoms with van der Waals surface area (Å²) >= 11 is 0. The summed E-state index contributed by atoms with van der Waals surface area (Å²) in [5.41, 5.74) is 1.02. The molecule has 3 heteroatoms. The highest BCUT2D eigenvalue weighted by molar-refractivity contribution is 5.75. The molecule has 0 fully saturated rings. The molecule has 0 spiro atoms. The molecule has 0 radical (unpaired) electrons. The van der Waals surface area contributed by atoms with Crippen LogP contribution in [0.5, 0.6) is 5.75 Å². The first-order valence-electron chi connectivity index (χ1n) is 12.3. The summed E-state index contributed by atoms with van der Waals surface area (Å²) in [6.45, 7) is 2.82. The van der Waals surface area contributed by atoms with E-state index < -0.39 is 0 Å². The molecule has 1 aromatic carbocycles. The normalized spacial score (nSPS) is 10.9. The SMILES string of the molecule is CCCCCCCCCCCCCCCCCCC(=O)NCc1ccc(O)cc1. The van der Waals surface area contributed by atoms with E-state index in [0.29, 0.717) is 13.0 Å². The molecule has 0 bridgehead atoms. The monoisotopic (exact) mass is 403 g/mol. The average Bonchev–Trinajstić information content (AvgIpc) is 2.73. The van der Waals surface area contributed by atoms with Crippen LogP contribution in [0.1, 0.15) is 122 Å². The number of rotatable bonds is 19. The standard InChI is InChI=1S/C26H45NO2/c1-2-3-4-5-6-7-8-9-10-11-12-13-14-15-16-17-18-26(29)27-23-24-19-21-25(28)22-20-24/h19-22,28H,2-18,23H2,1H3,(H,27,29). The van der Waals surface area contributed by atoms with Crippen LogP contribution in [0, 0.1) is 0 Å².